The number of amides is 2. The lowest BCUT2D eigenvalue weighted by Gasteiger charge is -2.31. The molecule has 12 heteroatoms. The third-order valence-corrected chi connectivity index (χ3v) is 9.35. The van der Waals surface area contributed by atoms with Crippen LogP contribution in [0.15, 0.2) is 53.5 Å². The summed E-state index contributed by atoms with van der Waals surface area (Å²) < 4.78 is 19.2. The second-order valence-corrected chi connectivity index (χ2v) is 12.3. The van der Waals surface area contributed by atoms with E-state index in [0.717, 1.165) is 41.0 Å². The number of ether oxygens (including phenoxy) is 3. The average molecular weight is 655 g/mol. The lowest BCUT2D eigenvalue weighted by atomic mass is 9.95. The molecule has 4 aromatic rings. The fourth-order valence-electron chi connectivity index (χ4n) is 7.00. The van der Waals surface area contributed by atoms with E-state index in [4.69, 9.17) is 14.2 Å². The van der Waals surface area contributed by atoms with E-state index in [0.29, 0.717) is 73.8 Å². The highest BCUT2D eigenvalue weighted by Gasteiger charge is 2.30. The lowest BCUT2D eigenvalue weighted by molar-refractivity contribution is -0.132. The molecule has 1 unspecified atom stereocenters. The van der Waals surface area contributed by atoms with Crippen LogP contribution in [0.25, 0.3) is 16.8 Å². The van der Waals surface area contributed by atoms with Crippen LogP contribution in [0.2, 0.25) is 0 Å². The van der Waals surface area contributed by atoms with Crippen molar-refractivity contribution in [3.05, 3.63) is 75.8 Å². The topological polar surface area (TPSA) is 136 Å². The van der Waals surface area contributed by atoms with E-state index in [2.05, 4.69) is 20.8 Å². The lowest BCUT2D eigenvalue weighted by Crippen LogP contribution is -2.38. The number of carbonyl (C=O) groups excluding carboxylic acids is 2. The number of piperidine rings is 1. The second kappa shape index (κ2) is 14.3. The fourth-order valence-corrected chi connectivity index (χ4v) is 7.00. The molecule has 2 amide bonds. The zero-order valence-electron chi connectivity index (χ0n) is 27.9. The van der Waals surface area contributed by atoms with Gasteiger partial charge in [-0.05, 0) is 79.1 Å². The van der Waals surface area contributed by atoms with Crippen LogP contribution in [0.1, 0.15) is 67.9 Å². The van der Waals surface area contributed by atoms with E-state index in [-0.39, 0.29) is 29.2 Å². The van der Waals surface area contributed by atoms with Crippen molar-refractivity contribution < 1.29 is 23.8 Å². The number of hydrogen-bond donors (Lipinski definition) is 2. The average Bonchev–Trinajstić information content (AvgIpc) is 3.39. The fraction of sp³-hybridized carbons (Fsp3) is 0.417. The number of pyridine rings is 1. The number of methoxy groups -OCH3 is 3. The Bertz CT molecular complexity index is 1880. The maximum atomic E-state index is 13.6. The summed E-state index contributed by atoms with van der Waals surface area (Å²) in [6.07, 6.45) is 5.83. The van der Waals surface area contributed by atoms with Gasteiger partial charge in [-0.25, -0.2) is 0 Å². The Kier molecular flexibility index (Phi) is 9.79. The number of anilines is 1. The molecular formula is C36H42N6O6. The highest BCUT2D eigenvalue weighted by atomic mass is 16.5. The Morgan fingerprint density at radius 2 is 1.75 bits per heavy atom. The van der Waals surface area contributed by atoms with Crippen LogP contribution in [0, 0.1) is 0 Å². The number of aromatic nitrogens is 3. The van der Waals surface area contributed by atoms with Gasteiger partial charge in [0.1, 0.15) is 5.82 Å². The number of fused-ring (bicyclic) bond motifs is 4. The number of rotatable bonds is 10. The van der Waals surface area contributed by atoms with Gasteiger partial charge in [-0.3, -0.25) is 18.8 Å². The minimum Gasteiger partial charge on any atom is -0.493 e. The number of likely N-dealkylation sites (tertiary alicyclic amines) is 1. The first-order valence-corrected chi connectivity index (χ1v) is 16.4. The van der Waals surface area contributed by atoms with E-state index in [1.54, 1.807) is 33.5 Å². The van der Waals surface area contributed by atoms with Gasteiger partial charge in [0.05, 0.1) is 33.1 Å². The maximum absolute atomic E-state index is 13.6. The molecule has 2 aromatic carbocycles. The van der Waals surface area contributed by atoms with Crippen LogP contribution in [0.3, 0.4) is 0 Å². The predicted octanol–water partition coefficient (Wildman–Crippen LogP) is 4.50. The SMILES string of the molecule is COc1cc2c(c(OC)c1OC)-c1ccc(NCCCC(=O)N3CCC(c4nnc5ccccn45)CC3)c(=O)cc1C(NC(C)=O)CC2. The monoisotopic (exact) mass is 654 g/mol. The van der Waals surface area contributed by atoms with Gasteiger partial charge in [-0.15, -0.1) is 10.2 Å². The molecule has 1 saturated heterocycles. The summed E-state index contributed by atoms with van der Waals surface area (Å²) in [5.74, 6) is 2.64. The first kappa shape index (κ1) is 32.8. The van der Waals surface area contributed by atoms with Gasteiger partial charge < -0.3 is 29.7 Å². The Labute approximate surface area is 279 Å². The number of nitrogens with zero attached hydrogens (tertiary/aromatic N) is 4. The molecule has 0 spiro atoms. The third kappa shape index (κ3) is 6.51. The van der Waals surface area contributed by atoms with Crippen LogP contribution in [0.4, 0.5) is 5.69 Å². The standard InChI is InChI=1S/C36H42N6O6/c1-22(43)38-27-12-10-24-20-30(46-2)34(47-3)35(48-4)33(24)25-11-13-28(29(44)21-26(25)27)37-16-7-9-32(45)41-18-14-23(15-19-41)36-40-39-31-8-5-6-17-42(31)36/h5-6,8,11,13,17,20-21,23,27H,7,9-10,12,14-16,18-19H2,1-4H3,(H,37,44)(H,38,43). The Hall–Kier alpha value is -5.13. The molecule has 252 valence electrons. The molecule has 2 N–H and O–H groups in total. The summed E-state index contributed by atoms with van der Waals surface area (Å²) in [4.78, 5) is 40.8. The van der Waals surface area contributed by atoms with Crippen molar-refractivity contribution in [1.29, 1.82) is 0 Å². The molecule has 12 nitrogen and oxygen atoms in total. The maximum Gasteiger partial charge on any atom is 0.222 e. The molecule has 0 saturated carbocycles. The highest BCUT2D eigenvalue weighted by molar-refractivity contribution is 5.84. The summed E-state index contributed by atoms with van der Waals surface area (Å²) in [6.45, 7) is 3.29. The number of aryl methyl sites for hydroxylation is 1. The summed E-state index contributed by atoms with van der Waals surface area (Å²) in [7, 11) is 4.71. The van der Waals surface area contributed by atoms with Gasteiger partial charge in [0.2, 0.25) is 23.0 Å². The largest absolute Gasteiger partial charge is 0.493 e. The number of nitrogens with one attached hydrogen (secondary N) is 2. The molecule has 1 fully saturated rings. The number of hydrogen-bond acceptors (Lipinski definition) is 9. The Morgan fingerprint density at radius 1 is 0.958 bits per heavy atom. The minimum atomic E-state index is -0.384. The van der Waals surface area contributed by atoms with Gasteiger partial charge in [-0.1, -0.05) is 12.1 Å². The van der Waals surface area contributed by atoms with Crippen LogP contribution in [-0.4, -0.2) is 72.3 Å². The molecule has 2 aromatic heterocycles. The van der Waals surface area contributed by atoms with Crippen molar-refractivity contribution >= 4 is 23.1 Å². The van der Waals surface area contributed by atoms with Crippen molar-refractivity contribution in [2.45, 2.75) is 57.4 Å². The minimum absolute atomic E-state index is 0.111. The molecule has 0 bridgehead atoms. The number of benzene rings is 1. The molecular weight excluding hydrogens is 612 g/mol. The normalized spacial score (nSPS) is 16.0. The zero-order chi connectivity index (χ0) is 33.8. The van der Waals surface area contributed by atoms with E-state index < -0.39 is 0 Å². The van der Waals surface area contributed by atoms with Crippen LogP contribution in [-0.2, 0) is 16.0 Å². The summed E-state index contributed by atoms with van der Waals surface area (Å²) in [5, 5.41) is 15.0. The second-order valence-electron chi connectivity index (χ2n) is 12.3. The molecule has 1 aliphatic carbocycles. The van der Waals surface area contributed by atoms with E-state index in [9.17, 15) is 14.4 Å². The van der Waals surface area contributed by atoms with E-state index >= 15 is 0 Å². The first-order chi connectivity index (χ1) is 23.3. The molecule has 48 heavy (non-hydrogen) atoms. The molecule has 2 aliphatic rings. The van der Waals surface area contributed by atoms with Gasteiger partial charge in [0.25, 0.3) is 0 Å². The van der Waals surface area contributed by atoms with E-state index in [1.807, 2.05) is 45.8 Å². The van der Waals surface area contributed by atoms with Crippen molar-refractivity contribution in [3.63, 3.8) is 0 Å². The van der Waals surface area contributed by atoms with Crippen LogP contribution >= 0.6 is 0 Å². The van der Waals surface area contributed by atoms with Gasteiger partial charge in [0, 0.05) is 50.7 Å². The van der Waals surface area contributed by atoms with Crippen LogP contribution in [0.5, 0.6) is 17.2 Å². The summed E-state index contributed by atoms with van der Waals surface area (Å²) in [6, 6.07) is 12.7. The Morgan fingerprint density at radius 3 is 2.48 bits per heavy atom. The van der Waals surface area contributed by atoms with Crippen molar-refractivity contribution in [1.82, 2.24) is 24.8 Å². The van der Waals surface area contributed by atoms with E-state index in [1.165, 1.54) is 6.92 Å². The van der Waals surface area contributed by atoms with Gasteiger partial charge >= 0.3 is 0 Å². The molecule has 1 atom stereocenters. The quantitative estimate of drug-likeness (QED) is 0.237. The third-order valence-electron chi connectivity index (χ3n) is 9.35. The molecule has 0 radical (unpaired) electrons. The van der Waals surface area contributed by atoms with Crippen LogP contribution < -0.4 is 30.3 Å². The summed E-state index contributed by atoms with van der Waals surface area (Å²) in [5.41, 5.74) is 4.27. The zero-order valence-corrected chi connectivity index (χ0v) is 27.9. The molecule has 3 heterocycles. The molecule has 1 aliphatic heterocycles. The number of carbonyl (C=O) groups is 2. The Balaban J connectivity index is 1.15. The molecule has 6 rings (SSSR count). The van der Waals surface area contributed by atoms with Gasteiger partial charge in [0.15, 0.2) is 17.1 Å². The summed E-state index contributed by atoms with van der Waals surface area (Å²) >= 11 is 0. The van der Waals surface area contributed by atoms with Gasteiger partial charge in [-0.2, -0.15) is 0 Å². The van der Waals surface area contributed by atoms with Crippen molar-refractivity contribution in [3.8, 4) is 28.4 Å². The highest BCUT2D eigenvalue weighted by Crippen LogP contribution is 2.50. The van der Waals surface area contributed by atoms with Crippen molar-refractivity contribution in [2.24, 2.45) is 0 Å². The van der Waals surface area contributed by atoms with Crippen molar-refractivity contribution in [2.75, 3.05) is 46.3 Å². The first-order valence-electron chi connectivity index (χ1n) is 16.4. The smallest absolute Gasteiger partial charge is 0.222 e. The predicted molar refractivity (Wildman–Crippen MR) is 182 cm³/mol.